The van der Waals surface area contributed by atoms with E-state index in [0.29, 0.717) is 24.3 Å². The van der Waals surface area contributed by atoms with Crippen LogP contribution in [0.15, 0.2) is 60.7 Å². The number of nitrogens with zero attached hydrogens (tertiary/aromatic N) is 4. The summed E-state index contributed by atoms with van der Waals surface area (Å²) in [5, 5.41) is 0.933. The molecule has 33 heavy (non-hydrogen) atoms. The Morgan fingerprint density at radius 3 is 2.48 bits per heavy atom. The number of ether oxygens (including phenoxy) is 1. The molecule has 0 spiro atoms. The van der Waals surface area contributed by atoms with E-state index in [1.54, 1.807) is 18.1 Å². The van der Waals surface area contributed by atoms with Crippen LogP contribution in [0, 0.1) is 6.92 Å². The number of methoxy groups -OCH3 is 1. The molecule has 0 atom stereocenters. The van der Waals surface area contributed by atoms with Crippen LogP contribution in [-0.4, -0.2) is 39.9 Å². The first kappa shape index (κ1) is 19.4. The Kier molecular flexibility index (Phi) is 4.20. The Labute approximate surface area is 189 Å². The maximum atomic E-state index is 12.7. The van der Waals surface area contributed by atoms with Crippen LogP contribution in [0.25, 0.3) is 33.1 Å². The third kappa shape index (κ3) is 2.89. The van der Waals surface area contributed by atoms with Gasteiger partial charge in [-0.2, -0.15) is 0 Å². The zero-order chi connectivity index (χ0) is 22.7. The highest BCUT2D eigenvalue weighted by Crippen LogP contribution is 2.33. The van der Waals surface area contributed by atoms with E-state index in [2.05, 4.69) is 4.57 Å². The average molecular weight is 436 g/mol. The molecule has 3 aromatic carbocycles. The van der Waals surface area contributed by atoms with E-state index in [4.69, 9.17) is 14.7 Å². The monoisotopic (exact) mass is 436 g/mol. The maximum Gasteiger partial charge on any atom is 0.299 e. The van der Waals surface area contributed by atoms with Crippen molar-refractivity contribution in [1.29, 1.82) is 0 Å². The quantitative estimate of drug-likeness (QED) is 0.393. The summed E-state index contributed by atoms with van der Waals surface area (Å²) in [7, 11) is 1.64. The number of ketones is 1. The highest BCUT2D eigenvalue weighted by Gasteiger charge is 2.35. The van der Waals surface area contributed by atoms with E-state index in [1.165, 1.54) is 0 Å². The van der Waals surface area contributed by atoms with Gasteiger partial charge in [0.15, 0.2) is 5.65 Å². The fourth-order valence-corrected chi connectivity index (χ4v) is 4.60. The van der Waals surface area contributed by atoms with Gasteiger partial charge in [0.2, 0.25) is 0 Å². The lowest BCUT2D eigenvalue weighted by Gasteiger charge is -2.18. The fraction of sp³-hybridized carbons (Fsp3) is 0.154. The van der Waals surface area contributed by atoms with Crippen molar-refractivity contribution in [1.82, 2.24) is 14.5 Å². The molecule has 0 aliphatic carbocycles. The predicted molar refractivity (Wildman–Crippen MR) is 127 cm³/mol. The lowest BCUT2D eigenvalue weighted by molar-refractivity contribution is -0.114. The summed E-state index contributed by atoms with van der Waals surface area (Å²) in [5.41, 5.74) is 6.16. The van der Waals surface area contributed by atoms with Crippen molar-refractivity contribution in [3.8, 4) is 5.75 Å². The molecule has 7 heteroatoms. The molecule has 6 rings (SSSR count). The molecule has 1 aliphatic rings. The first-order valence-corrected chi connectivity index (χ1v) is 10.7. The van der Waals surface area contributed by atoms with Crippen molar-refractivity contribution in [2.45, 2.75) is 13.5 Å². The van der Waals surface area contributed by atoms with Crippen LogP contribution >= 0.6 is 0 Å². The molecule has 7 nitrogen and oxygen atoms in total. The maximum absolute atomic E-state index is 12.7. The second-order valence-electron chi connectivity index (χ2n) is 8.23. The van der Waals surface area contributed by atoms with Gasteiger partial charge in [0.05, 0.1) is 34.9 Å². The van der Waals surface area contributed by atoms with Gasteiger partial charge < -0.3 is 14.2 Å². The van der Waals surface area contributed by atoms with Crippen molar-refractivity contribution in [2.75, 3.05) is 18.6 Å². The smallest absolute Gasteiger partial charge is 0.299 e. The van der Waals surface area contributed by atoms with Crippen LogP contribution in [0.2, 0.25) is 0 Å². The number of anilines is 1. The van der Waals surface area contributed by atoms with Crippen molar-refractivity contribution in [3.63, 3.8) is 0 Å². The predicted octanol–water partition coefficient (Wildman–Crippen LogP) is 4.28. The standard InChI is InChI=1S/C26H20N4O3/c1-15-7-9-22-18(13-15)24(31)26(32)30(22)12-11-29-21-10-8-16(33-2)14-17(21)23-25(29)28-20-6-4-3-5-19(20)27-23/h3-10,13-14H,11-12H2,1-2H3. The van der Waals surface area contributed by atoms with Crippen LogP contribution in [0.1, 0.15) is 15.9 Å². The number of fused-ring (bicyclic) bond motifs is 5. The van der Waals surface area contributed by atoms with Crippen LogP contribution in [0.5, 0.6) is 5.75 Å². The second-order valence-corrected chi connectivity index (χ2v) is 8.23. The SMILES string of the molecule is COc1ccc2c(c1)c1nc3ccccc3nc1n2CCN1C(=O)C(=O)c2cc(C)ccc21. The van der Waals surface area contributed by atoms with E-state index in [0.717, 1.165) is 44.4 Å². The number of rotatable bonds is 4. The normalized spacial score (nSPS) is 13.5. The molecular formula is C26H20N4O3. The molecule has 2 aromatic heterocycles. The number of hydrogen-bond acceptors (Lipinski definition) is 5. The highest BCUT2D eigenvalue weighted by molar-refractivity contribution is 6.52. The third-order valence-corrected chi connectivity index (χ3v) is 6.23. The molecule has 0 fully saturated rings. The lowest BCUT2D eigenvalue weighted by Crippen LogP contribution is -2.32. The summed E-state index contributed by atoms with van der Waals surface area (Å²) < 4.78 is 7.50. The van der Waals surface area contributed by atoms with E-state index >= 15 is 0 Å². The Hall–Kier alpha value is -4.26. The van der Waals surface area contributed by atoms with E-state index in [9.17, 15) is 9.59 Å². The van der Waals surface area contributed by atoms with Crippen LogP contribution in [0.3, 0.4) is 0 Å². The lowest BCUT2D eigenvalue weighted by atomic mass is 10.1. The summed E-state index contributed by atoms with van der Waals surface area (Å²) in [6, 6.07) is 19.1. The summed E-state index contributed by atoms with van der Waals surface area (Å²) >= 11 is 0. The van der Waals surface area contributed by atoms with Crippen LogP contribution in [-0.2, 0) is 11.3 Å². The number of aromatic nitrogens is 3. The Bertz CT molecular complexity index is 1620. The molecule has 3 heterocycles. The number of hydrogen-bond donors (Lipinski definition) is 0. The summed E-state index contributed by atoms with van der Waals surface area (Å²) in [5.74, 6) is -0.206. The molecule has 0 unspecified atom stereocenters. The second kappa shape index (κ2) is 7.13. The summed E-state index contributed by atoms with van der Waals surface area (Å²) in [4.78, 5) is 36.6. The Balaban J connectivity index is 1.49. The molecule has 5 aromatic rings. The van der Waals surface area contributed by atoms with Gasteiger partial charge in [0.25, 0.3) is 11.7 Å². The molecule has 0 saturated carbocycles. The molecule has 0 saturated heterocycles. The van der Waals surface area contributed by atoms with Gasteiger partial charge in [0, 0.05) is 18.5 Å². The number of para-hydroxylation sites is 2. The number of Topliss-reactive ketones (excluding diaryl/α,β-unsaturated/α-hetero) is 1. The minimum Gasteiger partial charge on any atom is -0.497 e. The van der Waals surface area contributed by atoms with Crippen molar-refractivity contribution in [2.24, 2.45) is 0 Å². The zero-order valence-corrected chi connectivity index (χ0v) is 18.2. The number of carbonyl (C=O) groups is 2. The highest BCUT2D eigenvalue weighted by atomic mass is 16.5. The number of amides is 1. The zero-order valence-electron chi connectivity index (χ0n) is 18.2. The van der Waals surface area contributed by atoms with Crippen molar-refractivity contribution in [3.05, 3.63) is 71.8 Å². The van der Waals surface area contributed by atoms with Gasteiger partial charge in [-0.05, 0) is 49.4 Å². The number of carbonyl (C=O) groups excluding carboxylic acids is 2. The van der Waals surface area contributed by atoms with Gasteiger partial charge in [0.1, 0.15) is 11.3 Å². The van der Waals surface area contributed by atoms with Gasteiger partial charge in [-0.25, -0.2) is 9.97 Å². The van der Waals surface area contributed by atoms with Crippen molar-refractivity contribution < 1.29 is 14.3 Å². The molecule has 1 aliphatic heterocycles. The first-order chi connectivity index (χ1) is 16.0. The first-order valence-electron chi connectivity index (χ1n) is 10.7. The number of benzene rings is 3. The topological polar surface area (TPSA) is 77.3 Å². The van der Waals surface area contributed by atoms with Crippen LogP contribution < -0.4 is 9.64 Å². The summed E-state index contributed by atoms with van der Waals surface area (Å²) in [6.07, 6.45) is 0. The third-order valence-electron chi connectivity index (χ3n) is 6.23. The minimum absolute atomic E-state index is 0.347. The van der Waals surface area contributed by atoms with E-state index < -0.39 is 11.7 Å². The van der Waals surface area contributed by atoms with Crippen molar-refractivity contribution >= 4 is 50.5 Å². The molecule has 0 radical (unpaired) electrons. The number of aryl methyl sites for hydroxylation is 1. The van der Waals surface area contributed by atoms with Crippen LogP contribution in [0.4, 0.5) is 5.69 Å². The molecular weight excluding hydrogens is 416 g/mol. The fourth-order valence-electron chi connectivity index (χ4n) is 4.60. The largest absolute Gasteiger partial charge is 0.497 e. The average Bonchev–Trinajstić information content (AvgIpc) is 3.26. The summed E-state index contributed by atoms with van der Waals surface area (Å²) in [6.45, 7) is 2.72. The van der Waals surface area contributed by atoms with E-state index in [-0.39, 0.29) is 0 Å². The Morgan fingerprint density at radius 2 is 1.70 bits per heavy atom. The van der Waals surface area contributed by atoms with Gasteiger partial charge in [-0.1, -0.05) is 23.8 Å². The molecule has 0 N–H and O–H groups in total. The minimum atomic E-state index is -0.491. The Morgan fingerprint density at radius 1 is 0.909 bits per heavy atom. The van der Waals surface area contributed by atoms with Gasteiger partial charge >= 0.3 is 0 Å². The molecule has 162 valence electrons. The molecule has 0 bridgehead atoms. The van der Waals surface area contributed by atoms with Gasteiger partial charge in [-0.15, -0.1) is 0 Å². The van der Waals surface area contributed by atoms with Gasteiger partial charge in [-0.3, -0.25) is 9.59 Å². The van der Waals surface area contributed by atoms with E-state index in [1.807, 2.05) is 61.5 Å². The molecule has 1 amide bonds.